The van der Waals surface area contributed by atoms with Crippen LogP contribution in [0.25, 0.3) is 0 Å². The number of aromatic nitrogens is 1. The molecule has 3 rings (SSSR count). The van der Waals surface area contributed by atoms with Crippen LogP contribution in [0, 0.1) is 5.92 Å². The lowest BCUT2D eigenvalue weighted by Gasteiger charge is -2.11. The van der Waals surface area contributed by atoms with E-state index >= 15 is 0 Å². The number of Topliss-reactive ketones (excluding diaryl/α,β-unsaturated/α-hetero) is 1. The van der Waals surface area contributed by atoms with Gasteiger partial charge in [-0.2, -0.15) is 0 Å². The average molecular weight is 382 g/mol. The number of benzene rings is 1. The summed E-state index contributed by atoms with van der Waals surface area (Å²) in [5, 5.41) is 11.9. The van der Waals surface area contributed by atoms with Crippen LogP contribution in [0.15, 0.2) is 36.4 Å². The van der Waals surface area contributed by atoms with E-state index in [1.807, 2.05) is 24.3 Å². The van der Waals surface area contributed by atoms with Crippen LogP contribution in [0.5, 0.6) is 5.75 Å². The summed E-state index contributed by atoms with van der Waals surface area (Å²) in [6, 6.07) is 10.9. The number of hydrogen-bond acceptors (Lipinski definition) is 5. The Morgan fingerprint density at radius 3 is 2.75 bits per heavy atom. The molecule has 2 aromatic rings. The van der Waals surface area contributed by atoms with Gasteiger partial charge < -0.3 is 15.2 Å². The quantitative estimate of drug-likeness (QED) is 0.651. The third kappa shape index (κ3) is 5.63. The molecule has 6 heteroatoms. The zero-order valence-electron chi connectivity index (χ0n) is 16.3. The molecular formula is C22H26N2O4. The predicted molar refractivity (Wildman–Crippen MR) is 106 cm³/mol. The highest BCUT2D eigenvalue weighted by Crippen LogP contribution is 2.33. The van der Waals surface area contributed by atoms with Crippen LogP contribution in [0.1, 0.15) is 58.3 Å². The van der Waals surface area contributed by atoms with E-state index in [9.17, 15) is 14.7 Å². The molecule has 28 heavy (non-hydrogen) atoms. The van der Waals surface area contributed by atoms with Crippen molar-refractivity contribution in [1.29, 1.82) is 0 Å². The number of carbonyl (C=O) groups excluding carboxylic acids is 2. The predicted octanol–water partition coefficient (Wildman–Crippen LogP) is 2.77. The van der Waals surface area contributed by atoms with Crippen molar-refractivity contribution in [3.8, 4) is 5.75 Å². The van der Waals surface area contributed by atoms with Gasteiger partial charge in [0.1, 0.15) is 18.1 Å². The highest BCUT2D eigenvalue weighted by atomic mass is 16.5. The Hall–Kier alpha value is -2.73. The number of nitrogens with one attached hydrogen (secondary N) is 1. The Morgan fingerprint density at radius 1 is 1.29 bits per heavy atom. The number of amides is 1. The van der Waals surface area contributed by atoms with E-state index in [0.29, 0.717) is 35.8 Å². The van der Waals surface area contributed by atoms with Crippen molar-refractivity contribution < 1.29 is 19.4 Å². The molecule has 0 aliphatic heterocycles. The number of carbonyl (C=O) groups is 2. The van der Waals surface area contributed by atoms with Gasteiger partial charge in [0.15, 0.2) is 5.78 Å². The first-order chi connectivity index (χ1) is 13.4. The summed E-state index contributed by atoms with van der Waals surface area (Å²) in [7, 11) is 1.55. The van der Waals surface area contributed by atoms with E-state index in [0.717, 1.165) is 18.4 Å². The van der Waals surface area contributed by atoms with Crippen LogP contribution in [-0.2, 0) is 6.42 Å². The fourth-order valence-electron chi connectivity index (χ4n) is 2.96. The molecule has 0 spiro atoms. The Balaban J connectivity index is 1.82. The molecule has 0 radical (unpaired) electrons. The molecular weight excluding hydrogens is 356 g/mol. The molecule has 1 amide bonds. The van der Waals surface area contributed by atoms with E-state index in [-0.39, 0.29) is 24.0 Å². The van der Waals surface area contributed by atoms with Crippen LogP contribution in [-0.4, -0.2) is 41.5 Å². The second-order valence-electron chi connectivity index (χ2n) is 7.37. The highest BCUT2D eigenvalue weighted by molar-refractivity contribution is 5.99. The molecule has 6 nitrogen and oxygen atoms in total. The standard InChI is InChI=1S/C22H26N2O4/c1-14(25)13-28-19-5-3-4-16(9-19)8-18-11-17(21(26)10-15-6-7-15)12-20(24-18)22(27)23-2/h3-5,9,11-12,14-15,25H,6-8,10,13H2,1-2H3,(H,23,27)/t14-/m1/s1. The second-order valence-corrected chi connectivity index (χ2v) is 7.37. The molecule has 0 saturated heterocycles. The molecule has 0 bridgehead atoms. The van der Waals surface area contributed by atoms with Gasteiger partial charge in [-0.1, -0.05) is 12.1 Å². The van der Waals surface area contributed by atoms with Crippen LogP contribution in [0.2, 0.25) is 0 Å². The minimum atomic E-state index is -0.547. The van der Waals surface area contributed by atoms with Gasteiger partial charge in [0.25, 0.3) is 5.91 Å². The average Bonchev–Trinajstić information content (AvgIpc) is 3.49. The molecule has 1 aromatic heterocycles. The first-order valence-corrected chi connectivity index (χ1v) is 9.60. The minimum Gasteiger partial charge on any atom is -0.491 e. The Morgan fingerprint density at radius 2 is 2.07 bits per heavy atom. The fourth-order valence-corrected chi connectivity index (χ4v) is 2.96. The van der Waals surface area contributed by atoms with E-state index in [4.69, 9.17) is 4.74 Å². The van der Waals surface area contributed by atoms with Crippen LogP contribution < -0.4 is 10.1 Å². The monoisotopic (exact) mass is 382 g/mol. The first kappa shape index (κ1) is 20.0. The molecule has 1 aromatic carbocycles. The SMILES string of the molecule is CNC(=O)c1cc(C(=O)CC2CC2)cc(Cc2cccc(OC[C@@H](C)O)c2)n1. The van der Waals surface area contributed by atoms with Crippen LogP contribution in [0.3, 0.4) is 0 Å². The summed E-state index contributed by atoms with van der Waals surface area (Å²) < 4.78 is 5.55. The summed E-state index contributed by atoms with van der Waals surface area (Å²) >= 11 is 0. The van der Waals surface area contributed by atoms with Gasteiger partial charge in [-0.25, -0.2) is 4.98 Å². The molecule has 148 valence electrons. The summed E-state index contributed by atoms with van der Waals surface area (Å²) in [5.74, 6) is 0.892. The number of hydrogen-bond donors (Lipinski definition) is 2. The smallest absolute Gasteiger partial charge is 0.269 e. The fraction of sp³-hybridized carbons (Fsp3) is 0.409. The van der Waals surface area contributed by atoms with Crippen molar-refractivity contribution in [3.05, 3.63) is 58.9 Å². The van der Waals surface area contributed by atoms with E-state index in [2.05, 4.69) is 10.3 Å². The van der Waals surface area contributed by atoms with Crippen molar-refractivity contribution in [2.45, 2.75) is 38.7 Å². The number of aliphatic hydroxyl groups excluding tert-OH is 1. The van der Waals surface area contributed by atoms with Gasteiger partial charge in [-0.15, -0.1) is 0 Å². The van der Waals surface area contributed by atoms with Gasteiger partial charge in [-0.05, 0) is 55.5 Å². The number of aliphatic hydroxyl groups is 1. The normalized spacial score (nSPS) is 14.4. The molecule has 1 atom stereocenters. The lowest BCUT2D eigenvalue weighted by molar-refractivity contribution is 0.0958. The molecule has 2 N–H and O–H groups in total. The van der Waals surface area contributed by atoms with Gasteiger partial charge in [0, 0.05) is 31.1 Å². The second kappa shape index (κ2) is 8.97. The highest BCUT2D eigenvalue weighted by Gasteiger charge is 2.25. The van der Waals surface area contributed by atoms with Gasteiger partial charge in [-0.3, -0.25) is 9.59 Å². The maximum Gasteiger partial charge on any atom is 0.269 e. The van der Waals surface area contributed by atoms with Gasteiger partial charge >= 0.3 is 0 Å². The number of pyridine rings is 1. The third-order valence-corrected chi connectivity index (χ3v) is 4.61. The summed E-state index contributed by atoms with van der Waals surface area (Å²) in [5.41, 5.74) is 2.40. The molecule has 1 fully saturated rings. The van der Waals surface area contributed by atoms with Crippen molar-refractivity contribution in [2.24, 2.45) is 5.92 Å². The van der Waals surface area contributed by atoms with E-state index in [1.165, 1.54) is 0 Å². The molecule has 0 unspecified atom stereocenters. The zero-order chi connectivity index (χ0) is 20.1. The molecule has 1 saturated carbocycles. The maximum atomic E-state index is 12.6. The Kier molecular flexibility index (Phi) is 6.41. The van der Waals surface area contributed by atoms with Crippen molar-refractivity contribution in [3.63, 3.8) is 0 Å². The molecule has 1 aliphatic rings. The Labute approximate surface area is 164 Å². The molecule has 1 aliphatic carbocycles. The first-order valence-electron chi connectivity index (χ1n) is 9.60. The summed E-state index contributed by atoms with van der Waals surface area (Å²) in [4.78, 5) is 29.1. The maximum absolute atomic E-state index is 12.6. The zero-order valence-corrected chi connectivity index (χ0v) is 16.3. The molecule has 1 heterocycles. The number of ketones is 1. The Bertz CT molecular complexity index is 859. The topological polar surface area (TPSA) is 88.5 Å². The summed E-state index contributed by atoms with van der Waals surface area (Å²) in [6.07, 6.45) is 2.66. The van der Waals surface area contributed by atoms with Crippen LogP contribution in [0.4, 0.5) is 0 Å². The van der Waals surface area contributed by atoms with Crippen molar-refractivity contribution in [2.75, 3.05) is 13.7 Å². The van der Waals surface area contributed by atoms with Crippen molar-refractivity contribution in [1.82, 2.24) is 10.3 Å². The summed E-state index contributed by atoms with van der Waals surface area (Å²) in [6.45, 7) is 1.88. The third-order valence-electron chi connectivity index (χ3n) is 4.61. The minimum absolute atomic E-state index is 0.0605. The van der Waals surface area contributed by atoms with E-state index < -0.39 is 6.10 Å². The number of rotatable bonds is 9. The lowest BCUT2D eigenvalue weighted by atomic mass is 10.0. The van der Waals surface area contributed by atoms with Crippen molar-refractivity contribution >= 4 is 11.7 Å². The lowest BCUT2D eigenvalue weighted by Crippen LogP contribution is -2.20. The van der Waals surface area contributed by atoms with Gasteiger partial charge in [0.05, 0.1) is 6.10 Å². The van der Waals surface area contributed by atoms with E-state index in [1.54, 1.807) is 26.1 Å². The van der Waals surface area contributed by atoms with Crippen LogP contribution >= 0.6 is 0 Å². The number of nitrogens with zero attached hydrogens (tertiary/aromatic N) is 1. The number of ether oxygens (including phenoxy) is 1. The largest absolute Gasteiger partial charge is 0.491 e. The van der Waals surface area contributed by atoms with Gasteiger partial charge in [0.2, 0.25) is 0 Å².